The molecule has 0 unspecified atom stereocenters. The van der Waals surface area contributed by atoms with Crippen LogP contribution in [0, 0.1) is 13.8 Å². The molecule has 0 aliphatic carbocycles. The first-order valence-electron chi connectivity index (χ1n) is 9.83. The van der Waals surface area contributed by atoms with Crippen LogP contribution in [0.5, 0.6) is 0 Å². The molecule has 6 nitrogen and oxygen atoms in total. The lowest BCUT2D eigenvalue weighted by atomic mass is 10.1. The molecular weight excluding hydrogens is 362 g/mol. The van der Waals surface area contributed by atoms with E-state index in [4.69, 9.17) is 0 Å². The number of rotatable bonds is 7. The molecule has 0 fully saturated rings. The smallest absolute Gasteiger partial charge is 0.275 e. The predicted molar refractivity (Wildman–Crippen MR) is 119 cm³/mol. The van der Waals surface area contributed by atoms with E-state index in [9.17, 15) is 4.79 Å². The van der Waals surface area contributed by atoms with Crippen LogP contribution in [-0.2, 0) is 0 Å². The molecule has 0 saturated heterocycles. The minimum atomic E-state index is -0.286. The van der Waals surface area contributed by atoms with Gasteiger partial charge in [-0.25, -0.2) is 9.97 Å². The number of aromatic nitrogens is 2. The molecule has 29 heavy (non-hydrogen) atoms. The van der Waals surface area contributed by atoms with Crippen LogP contribution in [0.25, 0.3) is 0 Å². The number of hydrogen-bond acceptors (Lipinski definition) is 5. The maximum absolute atomic E-state index is 12.5. The Kier molecular flexibility index (Phi) is 6.44. The third-order valence-electron chi connectivity index (χ3n) is 5.01. The van der Waals surface area contributed by atoms with Crippen molar-refractivity contribution in [1.29, 1.82) is 0 Å². The lowest BCUT2D eigenvalue weighted by Crippen LogP contribution is -2.21. The van der Waals surface area contributed by atoms with Crippen LogP contribution in [0.3, 0.4) is 0 Å². The molecule has 0 atom stereocenters. The molecule has 150 valence electrons. The predicted octanol–water partition coefficient (Wildman–Crippen LogP) is 4.94. The summed E-state index contributed by atoms with van der Waals surface area (Å²) in [5.74, 6) is 0.310. The standard InChI is InChI=1S/C23H27N5O/c1-5-28(6-2)19-12-10-18(11-13-19)26-23(29)21-14-25-22(15-24-21)27-20-9-7-8-16(3)17(20)4/h7-15H,5-6H2,1-4H3,(H,25,27)(H,26,29). The Bertz CT molecular complexity index is 964. The first-order chi connectivity index (χ1) is 14.0. The van der Waals surface area contributed by atoms with E-state index in [1.165, 1.54) is 11.8 Å². The number of amides is 1. The molecule has 6 heteroatoms. The van der Waals surface area contributed by atoms with E-state index in [1.54, 1.807) is 6.20 Å². The third kappa shape index (κ3) is 4.90. The summed E-state index contributed by atoms with van der Waals surface area (Å²) in [7, 11) is 0. The van der Waals surface area contributed by atoms with Crippen molar-refractivity contribution in [2.24, 2.45) is 0 Å². The normalized spacial score (nSPS) is 10.5. The average Bonchev–Trinajstić information content (AvgIpc) is 2.74. The molecule has 0 aliphatic rings. The number of nitrogens with one attached hydrogen (secondary N) is 2. The van der Waals surface area contributed by atoms with Crippen molar-refractivity contribution < 1.29 is 4.79 Å². The van der Waals surface area contributed by atoms with Crippen LogP contribution in [-0.4, -0.2) is 29.0 Å². The van der Waals surface area contributed by atoms with Crippen molar-refractivity contribution >= 4 is 28.8 Å². The molecule has 0 bridgehead atoms. The van der Waals surface area contributed by atoms with Crippen LogP contribution in [0.15, 0.2) is 54.9 Å². The van der Waals surface area contributed by atoms with Gasteiger partial charge >= 0.3 is 0 Å². The third-order valence-corrected chi connectivity index (χ3v) is 5.01. The number of carbonyl (C=O) groups excluding carboxylic acids is 1. The largest absolute Gasteiger partial charge is 0.372 e. The molecule has 3 rings (SSSR count). The first kappa shape index (κ1) is 20.3. The van der Waals surface area contributed by atoms with Gasteiger partial charge < -0.3 is 15.5 Å². The van der Waals surface area contributed by atoms with Gasteiger partial charge in [0.05, 0.1) is 12.4 Å². The monoisotopic (exact) mass is 389 g/mol. The van der Waals surface area contributed by atoms with Gasteiger partial charge in [0, 0.05) is 30.2 Å². The Morgan fingerprint density at radius 2 is 1.69 bits per heavy atom. The molecular formula is C23H27N5O. The Labute approximate surface area is 172 Å². The quantitative estimate of drug-likeness (QED) is 0.599. The zero-order valence-corrected chi connectivity index (χ0v) is 17.4. The van der Waals surface area contributed by atoms with Crippen LogP contribution in [0.2, 0.25) is 0 Å². The molecule has 1 amide bonds. The summed E-state index contributed by atoms with van der Waals surface area (Å²) in [6.45, 7) is 10.3. The Morgan fingerprint density at radius 3 is 2.31 bits per heavy atom. The summed E-state index contributed by atoms with van der Waals surface area (Å²) in [5.41, 5.74) is 5.46. The van der Waals surface area contributed by atoms with Gasteiger partial charge in [-0.15, -0.1) is 0 Å². The molecule has 0 spiro atoms. The van der Waals surface area contributed by atoms with E-state index < -0.39 is 0 Å². The fourth-order valence-corrected chi connectivity index (χ4v) is 3.07. The molecule has 1 heterocycles. The maximum Gasteiger partial charge on any atom is 0.275 e. The Balaban J connectivity index is 1.65. The number of aryl methyl sites for hydroxylation is 1. The van der Waals surface area contributed by atoms with E-state index in [2.05, 4.69) is 59.3 Å². The van der Waals surface area contributed by atoms with Crippen molar-refractivity contribution in [3.8, 4) is 0 Å². The fraction of sp³-hybridized carbons (Fsp3) is 0.261. The van der Waals surface area contributed by atoms with E-state index >= 15 is 0 Å². The second-order valence-corrected chi connectivity index (χ2v) is 6.83. The van der Waals surface area contributed by atoms with Gasteiger partial charge in [0.1, 0.15) is 11.5 Å². The van der Waals surface area contributed by atoms with Crippen LogP contribution in [0.1, 0.15) is 35.5 Å². The molecule has 0 aliphatic heterocycles. The Hall–Kier alpha value is -3.41. The van der Waals surface area contributed by atoms with Crippen molar-refractivity contribution in [1.82, 2.24) is 9.97 Å². The molecule has 2 N–H and O–H groups in total. The SMILES string of the molecule is CCN(CC)c1ccc(NC(=O)c2cnc(Nc3cccc(C)c3C)cn2)cc1. The molecule has 3 aromatic rings. The van der Waals surface area contributed by atoms with Gasteiger partial charge in [0.15, 0.2) is 0 Å². The summed E-state index contributed by atoms with van der Waals surface area (Å²) in [6.07, 6.45) is 3.05. The van der Waals surface area contributed by atoms with Crippen LogP contribution < -0.4 is 15.5 Å². The number of carbonyl (C=O) groups is 1. The maximum atomic E-state index is 12.5. The van der Waals surface area contributed by atoms with Gasteiger partial charge in [-0.05, 0) is 69.2 Å². The van der Waals surface area contributed by atoms with E-state index in [1.807, 2.05) is 36.4 Å². The van der Waals surface area contributed by atoms with Crippen molar-refractivity contribution in [3.63, 3.8) is 0 Å². The average molecular weight is 390 g/mol. The summed E-state index contributed by atoms with van der Waals surface area (Å²) >= 11 is 0. The second kappa shape index (κ2) is 9.19. The van der Waals surface area contributed by atoms with Gasteiger partial charge in [0.25, 0.3) is 5.91 Å². The van der Waals surface area contributed by atoms with Crippen molar-refractivity contribution in [3.05, 3.63) is 71.7 Å². The van der Waals surface area contributed by atoms with Gasteiger partial charge in [0.2, 0.25) is 0 Å². The zero-order chi connectivity index (χ0) is 20.8. The Morgan fingerprint density at radius 1 is 0.966 bits per heavy atom. The summed E-state index contributed by atoms with van der Waals surface area (Å²) in [5, 5.41) is 6.11. The fourth-order valence-electron chi connectivity index (χ4n) is 3.07. The summed E-state index contributed by atoms with van der Waals surface area (Å²) < 4.78 is 0. The summed E-state index contributed by atoms with van der Waals surface area (Å²) in [4.78, 5) is 23.3. The van der Waals surface area contributed by atoms with Gasteiger partial charge in [-0.2, -0.15) is 0 Å². The topological polar surface area (TPSA) is 70.2 Å². The lowest BCUT2D eigenvalue weighted by Gasteiger charge is -2.21. The van der Waals surface area contributed by atoms with Crippen LogP contribution in [0.4, 0.5) is 22.9 Å². The minimum absolute atomic E-state index is 0.268. The van der Waals surface area contributed by atoms with E-state index in [-0.39, 0.29) is 11.6 Å². The van der Waals surface area contributed by atoms with Gasteiger partial charge in [-0.1, -0.05) is 12.1 Å². The first-order valence-corrected chi connectivity index (χ1v) is 9.83. The number of anilines is 4. The molecule has 0 radical (unpaired) electrons. The van der Waals surface area contributed by atoms with Crippen LogP contribution >= 0.6 is 0 Å². The van der Waals surface area contributed by atoms with Gasteiger partial charge in [-0.3, -0.25) is 4.79 Å². The highest BCUT2D eigenvalue weighted by Gasteiger charge is 2.10. The van der Waals surface area contributed by atoms with Crippen molar-refractivity contribution in [2.45, 2.75) is 27.7 Å². The second-order valence-electron chi connectivity index (χ2n) is 6.83. The zero-order valence-electron chi connectivity index (χ0n) is 17.4. The highest BCUT2D eigenvalue weighted by molar-refractivity contribution is 6.02. The summed E-state index contributed by atoms with van der Waals surface area (Å²) in [6, 6.07) is 13.9. The highest BCUT2D eigenvalue weighted by atomic mass is 16.1. The lowest BCUT2D eigenvalue weighted by molar-refractivity contribution is 0.102. The number of benzene rings is 2. The van der Waals surface area contributed by atoms with E-state index in [0.29, 0.717) is 5.82 Å². The molecule has 1 aromatic heterocycles. The van der Waals surface area contributed by atoms with E-state index in [0.717, 1.165) is 35.7 Å². The van der Waals surface area contributed by atoms with Crippen molar-refractivity contribution in [2.75, 3.05) is 28.6 Å². The number of hydrogen-bond donors (Lipinski definition) is 2. The molecule has 0 saturated carbocycles. The number of nitrogens with zero attached hydrogens (tertiary/aromatic N) is 3. The highest BCUT2D eigenvalue weighted by Crippen LogP contribution is 2.21. The molecule has 2 aromatic carbocycles. The minimum Gasteiger partial charge on any atom is -0.372 e.